The van der Waals surface area contributed by atoms with Gasteiger partial charge in [-0.05, 0) is 49.4 Å². The zero-order valence-electron chi connectivity index (χ0n) is 15.3. The predicted molar refractivity (Wildman–Crippen MR) is 102 cm³/mol. The second-order valence-corrected chi connectivity index (χ2v) is 9.76. The van der Waals surface area contributed by atoms with Gasteiger partial charge in [0.05, 0.1) is 0 Å². The number of amides is 1. The molecule has 0 saturated carbocycles. The summed E-state index contributed by atoms with van der Waals surface area (Å²) in [6.07, 6.45) is 5.13. The maximum atomic E-state index is 13.1. The molecule has 1 spiro atoms. The van der Waals surface area contributed by atoms with E-state index in [0.29, 0.717) is 5.92 Å². The van der Waals surface area contributed by atoms with Crippen LogP contribution >= 0.6 is 11.6 Å². The molecule has 0 radical (unpaired) electrons. The van der Waals surface area contributed by atoms with E-state index in [9.17, 15) is 4.79 Å². The van der Waals surface area contributed by atoms with Crippen molar-refractivity contribution < 1.29 is 4.79 Å². The Labute approximate surface area is 158 Å². The average molecular weight is 370 g/mol. The first-order valence-electron chi connectivity index (χ1n) is 9.79. The summed E-state index contributed by atoms with van der Waals surface area (Å²) in [5.41, 5.74) is 3.32. The van der Waals surface area contributed by atoms with E-state index < -0.39 is 0 Å². The Morgan fingerprint density at radius 1 is 1.27 bits per heavy atom. The maximum Gasteiger partial charge on any atom is 0.242 e. The fourth-order valence-corrected chi connectivity index (χ4v) is 7.14. The zero-order valence-corrected chi connectivity index (χ0v) is 16.0. The van der Waals surface area contributed by atoms with Crippen molar-refractivity contribution >= 4 is 28.4 Å². The van der Waals surface area contributed by atoms with E-state index >= 15 is 0 Å². The monoisotopic (exact) mass is 369 g/mol. The van der Waals surface area contributed by atoms with Gasteiger partial charge in [-0.15, -0.1) is 0 Å². The molecule has 4 aliphatic rings. The largest absolute Gasteiger partial charge is 0.358 e. The number of carbonyl (C=O) groups is 1. The van der Waals surface area contributed by atoms with Crippen molar-refractivity contribution in [3.05, 3.63) is 34.5 Å². The molecule has 1 amide bonds. The molecular formula is C21H24ClN3O. The number of fused-ring (bicyclic) bond motifs is 3. The van der Waals surface area contributed by atoms with Gasteiger partial charge < -0.3 is 10.3 Å². The van der Waals surface area contributed by atoms with Crippen molar-refractivity contribution in [1.82, 2.24) is 15.2 Å². The molecule has 1 aromatic carbocycles. The van der Waals surface area contributed by atoms with Gasteiger partial charge >= 0.3 is 0 Å². The Kier molecular flexibility index (Phi) is 2.67. The Hall–Kier alpha value is -1.52. The molecule has 1 unspecified atom stereocenters. The smallest absolute Gasteiger partial charge is 0.242 e. The van der Waals surface area contributed by atoms with E-state index in [1.807, 2.05) is 6.07 Å². The zero-order chi connectivity index (χ0) is 17.9. The summed E-state index contributed by atoms with van der Waals surface area (Å²) >= 11 is 6.32. The van der Waals surface area contributed by atoms with Crippen LogP contribution in [0.1, 0.15) is 50.8 Å². The van der Waals surface area contributed by atoms with Crippen LogP contribution in [0.4, 0.5) is 0 Å². The molecule has 1 aliphatic carbocycles. The van der Waals surface area contributed by atoms with Crippen LogP contribution in [-0.2, 0) is 16.6 Å². The highest BCUT2D eigenvalue weighted by Crippen LogP contribution is 2.60. The Bertz CT molecular complexity index is 979. The standard InChI is InChI=1S/C21H24ClN3O/c1-19(2)16-6-8-20-7-3-9-25(20)21(16,24-18(20)26)11-14-13-10-12(22)4-5-15(13)23-17(14)19/h4-5,10,16,23H,3,6-9,11H2,1-2H3,(H,24,26)/t16-,20-,21?/m1/s1. The number of aromatic amines is 1. The second-order valence-electron chi connectivity index (χ2n) is 9.32. The minimum atomic E-state index is -0.242. The minimum Gasteiger partial charge on any atom is -0.358 e. The summed E-state index contributed by atoms with van der Waals surface area (Å²) in [6.45, 7) is 5.73. The van der Waals surface area contributed by atoms with Gasteiger partial charge in [0.25, 0.3) is 0 Å². The fourth-order valence-electron chi connectivity index (χ4n) is 6.97. The van der Waals surface area contributed by atoms with Gasteiger partial charge in [0.1, 0.15) is 11.2 Å². The van der Waals surface area contributed by atoms with Crippen LogP contribution in [-0.4, -0.2) is 33.5 Å². The van der Waals surface area contributed by atoms with E-state index in [-0.39, 0.29) is 22.5 Å². The molecule has 136 valence electrons. The molecule has 1 aromatic heterocycles. The van der Waals surface area contributed by atoms with E-state index in [0.717, 1.165) is 49.2 Å². The number of hydrogen-bond donors (Lipinski definition) is 2. The molecule has 2 bridgehead atoms. The van der Waals surface area contributed by atoms with E-state index in [1.54, 1.807) is 0 Å². The highest BCUT2D eigenvalue weighted by molar-refractivity contribution is 6.31. The molecule has 3 atom stereocenters. The summed E-state index contributed by atoms with van der Waals surface area (Å²) in [5.74, 6) is 0.693. The molecule has 4 heterocycles. The summed E-state index contributed by atoms with van der Waals surface area (Å²) < 4.78 is 0. The number of carbonyl (C=O) groups excluding carboxylic acids is 1. The molecule has 6 rings (SSSR count). The van der Waals surface area contributed by atoms with Crippen LogP contribution in [0.15, 0.2) is 18.2 Å². The number of benzene rings is 1. The lowest BCUT2D eigenvalue weighted by atomic mass is 9.58. The van der Waals surface area contributed by atoms with Gasteiger partial charge in [-0.2, -0.15) is 0 Å². The van der Waals surface area contributed by atoms with Crippen molar-refractivity contribution in [1.29, 1.82) is 0 Å². The molecule has 3 fully saturated rings. The molecule has 2 aromatic rings. The van der Waals surface area contributed by atoms with E-state index in [4.69, 9.17) is 11.6 Å². The number of nitrogens with one attached hydrogen (secondary N) is 2. The lowest BCUT2D eigenvalue weighted by Crippen LogP contribution is -2.68. The molecule has 5 heteroatoms. The Morgan fingerprint density at radius 2 is 2.12 bits per heavy atom. The third kappa shape index (κ3) is 1.52. The Balaban J connectivity index is 1.63. The summed E-state index contributed by atoms with van der Waals surface area (Å²) in [5, 5.41) is 5.51. The lowest BCUT2D eigenvalue weighted by molar-refractivity contribution is -0.126. The topological polar surface area (TPSA) is 48.1 Å². The van der Waals surface area contributed by atoms with Crippen LogP contribution in [0.3, 0.4) is 0 Å². The molecule has 4 nitrogen and oxygen atoms in total. The van der Waals surface area contributed by atoms with Gasteiger partial charge in [0, 0.05) is 45.9 Å². The first kappa shape index (κ1) is 15.5. The molecule has 3 saturated heterocycles. The van der Waals surface area contributed by atoms with Crippen molar-refractivity contribution in [2.75, 3.05) is 6.54 Å². The number of halogens is 1. The van der Waals surface area contributed by atoms with Crippen molar-refractivity contribution in [2.45, 2.75) is 62.6 Å². The van der Waals surface area contributed by atoms with Crippen LogP contribution in [0, 0.1) is 5.92 Å². The van der Waals surface area contributed by atoms with Crippen molar-refractivity contribution in [2.24, 2.45) is 5.92 Å². The first-order chi connectivity index (χ1) is 12.4. The highest BCUT2D eigenvalue weighted by Gasteiger charge is 2.71. The quantitative estimate of drug-likeness (QED) is 0.743. The maximum absolute atomic E-state index is 13.1. The summed E-state index contributed by atoms with van der Waals surface area (Å²) in [4.78, 5) is 19.4. The number of H-pyrrole nitrogens is 1. The highest BCUT2D eigenvalue weighted by atomic mass is 35.5. The fraction of sp³-hybridized carbons (Fsp3) is 0.571. The van der Waals surface area contributed by atoms with Crippen LogP contribution in [0.5, 0.6) is 0 Å². The van der Waals surface area contributed by atoms with Crippen LogP contribution in [0.25, 0.3) is 10.9 Å². The van der Waals surface area contributed by atoms with Crippen LogP contribution in [0.2, 0.25) is 5.02 Å². The van der Waals surface area contributed by atoms with Gasteiger partial charge in [-0.3, -0.25) is 9.69 Å². The predicted octanol–water partition coefficient (Wildman–Crippen LogP) is 3.73. The normalized spacial score (nSPS) is 37.3. The number of aromatic nitrogens is 1. The lowest BCUT2D eigenvalue weighted by Gasteiger charge is -2.57. The van der Waals surface area contributed by atoms with Crippen molar-refractivity contribution in [3.8, 4) is 0 Å². The van der Waals surface area contributed by atoms with Crippen molar-refractivity contribution in [3.63, 3.8) is 0 Å². The van der Waals surface area contributed by atoms with Gasteiger partial charge in [-0.1, -0.05) is 25.4 Å². The molecule has 3 aliphatic heterocycles. The third-order valence-electron chi connectivity index (χ3n) is 7.98. The molecule has 26 heavy (non-hydrogen) atoms. The van der Waals surface area contributed by atoms with Crippen LogP contribution < -0.4 is 5.32 Å². The van der Waals surface area contributed by atoms with Gasteiger partial charge in [0.15, 0.2) is 0 Å². The van der Waals surface area contributed by atoms with Gasteiger partial charge in [-0.25, -0.2) is 0 Å². The summed E-state index contributed by atoms with van der Waals surface area (Å²) in [6, 6.07) is 6.11. The minimum absolute atomic E-state index is 0.0224. The first-order valence-corrected chi connectivity index (χ1v) is 10.2. The number of rotatable bonds is 0. The van der Waals surface area contributed by atoms with Gasteiger partial charge in [0.2, 0.25) is 5.91 Å². The number of hydrogen-bond acceptors (Lipinski definition) is 2. The molecular weight excluding hydrogens is 346 g/mol. The van der Waals surface area contributed by atoms with E-state index in [2.05, 4.69) is 41.2 Å². The SMILES string of the molecule is CC1(C)c2[nH]c3ccc(Cl)cc3c2CC23NC(=O)[C@@]4(CCCN24)CC[C@H]13. The second kappa shape index (κ2) is 4.48. The van der Waals surface area contributed by atoms with E-state index in [1.165, 1.54) is 16.6 Å². The number of piperidine rings is 1. The number of nitrogens with zero attached hydrogens (tertiary/aromatic N) is 1. The third-order valence-corrected chi connectivity index (χ3v) is 8.21. The summed E-state index contributed by atoms with van der Waals surface area (Å²) in [7, 11) is 0. The molecule has 2 N–H and O–H groups in total. The Morgan fingerprint density at radius 3 is 2.96 bits per heavy atom. The average Bonchev–Trinajstić information content (AvgIpc) is 3.20.